The van der Waals surface area contributed by atoms with Crippen molar-refractivity contribution in [1.29, 1.82) is 0 Å². The van der Waals surface area contributed by atoms with Gasteiger partial charge in [-0.15, -0.1) is 11.6 Å². The molecule has 0 aliphatic carbocycles. The Labute approximate surface area is 119 Å². The minimum Gasteiger partial charge on any atom is -0.494 e. The minimum atomic E-state index is -0.168. The summed E-state index contributed by atoms with van der Waals surface area (Å²) in [5.41, 5.74) is 1.00. The summed E-state index contributed by atoms with van der Waals surface area (Å²) in [6.45, 7) is 2.17. The van der Waals surface area contributed by atoms with E-state index in [0.717, 1.165) is 24.3 Å². The van der Waals surface area contributed by atoms with Gasteiger partial charge >= 0.3 is 0 Å². The summed E-state index contributed by atoms with van der Waals surface area (Å²) in [7, 11) is 4.08. The van der Waals surface area contributed by atoms with Crippen molar-refractivity contribution in [1.82, 2.24) is 10.2 Å². The number of halogens is 1. The molecule has 1 rings (SSSR count). The molecule has 0 saturated heterocycles. The first-order chi connectivity index (χ1) is 9.11. The second-order valence-corrected chi connectivity index (χ2v) is 4.83. The molecule has 0 aliphatic heterocycles. The lowest BCUT2D eigenvalue weighted by molar-refractivity contribution is -0.118. The van der Waals surface area contributed by atoms with Crippen LogP contribution in [-0.2, 0) is 11.3 Å². The maximum atomic E-state index is 11.1. The van der Waals surface area contributed by atoms with Crippen LogP contribution in [0.4, 0.5) is 0 Å². The number of benzene rings is 1. The summed E-state index contributed by atoms with van der Waals surface area (Å²) >= 11 is 5.42. The van der Waals surface area contributed by atoms with Gasteiger partial charge in [-0.1, -0.05) is 12.1 Å². The number of hydrogen-bond acceptors (Lipinski definition) is 3. The van der Waals surface area contributed by atoms with Crippen LogP contribution in [0.25, 0.3) is 0 Å². The van der Waals surface area contributed by atoms with Crippen LogP contribution in [-0.4, -0.2) is 43.9 Å². The maximum Gasteiger partial charge on any atom is 0.235 e. The van der Waals surface area contributed by atoms with E-state index in [1.165, 1.54) is 0 Å². The van der Waals surface area contributed by atoms with Crippen LogP contribution in [0, 0.1) is 0 Å². The zero-order valence-corrected chi connectivity index (χ0v) is 12.2. The standard InChI is InChI=1S/C14H21ClN2O2/c1-17(2)7-4-8-19-13-6-3-5-12(9-13)11-16-14(18)10-15/h3,5-6,9H,4,7-8,10-11H2,1-2H3,(H,16,18). The molecule has 0 atom stereocenters. The van der Waals surface area contributed by atoms with E-state index in [0.29, 0.717) is 13.2 Å². The van der Waals surface area contributed by atoms with Gasteiger partial charge in [0.1, 0.15) is 11.6 Å². The molecule has 106 valence electrons. The predicted octanol–water partition coefficient (Wildman–Crippen LogP) is 1.87. The Morgan fingerprint density at radius 1 is 1.42 bits per heavy atom. The van der Waals surface area contributed by atoms with Crippen molar-refractivity contribution in [3.63, 3.8) is 0 Å². The molecule has 0 radical (unpaired) electrons. The number of hydrogen-bond donors (Lipinski definition) is 1. The van der Waals surface area contributed by atoms with Crippen molar-refractivity contribution < 1.29 is 9.53 Å². The smallest absolute Gasteiger partial charge is 0.235 e. The van der Waals surface area contributed by atoms with E-state index in [1.54, 1.807) is 0 Å². The van der Waals surface area contributed by atoms with Crippen LogP contribution in [0.5, 0.6) is 5.75 Å². The van der Waals surface area contributed by atoms with Crippen molar-refractivity contribution in [2.75, 3.05) is 33.1 Å². The SMILES string of the molecule is CN(C)CCCOc1cccc(CNC(=O)CCl)c1. The first-order valence-corrected chi connectivity index (χ1v) is 6.84. The Bertz CT molecular complexity index is 397. The molecule has 0 bridgehead atoms. The van der Waals surface area contributed by atoms with Crippen molar-refractivity contribution in [3.8, 4) is 5.75 Å². The molecule has 1 aromatic rings. The molecule has 5 heteroatoms. The van der Waals surface area contributed by atoms with Gasteiger partial charge in [-0.2, -0.15) is 0 Å². The third-order valence-corrected chi connectivity index (χ3v) is 2.77. The Balaban J connectivity index is 2.37. The van der Waals surface area contributed by atoms with Crippen LogP contribution in [0.2, 0.25) is 0 Å². The number of alkyl halides is 1. The van der Waals surface area contributed by atoms with E-state index in [2.05, 4.69) is 10.2 Å². The molecular formula is C14H21ClN2O2. The number of nitrogens with zero attached hydrogens (tertiary/aromatic N) is 1. The zero-order valence-electron chi connectivity index (χ0n) is 11.5. The summed E-state index contributed by atoms with van der Waals surface area (Å²) in [5, 5.41) is 2.72. The molecule has 0 saturated carbocycles. The average Bonchev–Trinajstić information content (AvgIpc) is 2.41. The minimum absolute atomic E-state index is 0.0132. The van der Waals surface area contributed by atoms with Gasteiger partial charge in [0.25, 0.3) is 0 Å². The molecule has 0 aliphatic rings. The molecule has 0 fully saturated rings. The van der Waals surface area contributed by atoms with Gasteiger partial charge in [0.2, 0.25) is 5.91 Å². The molecule has 0 heterocycles. The zero-order chi connectivity index (χ0) is 14.1. The fourth-order valence-electron chi connectivity index (χ4n) is 1.56. The highest BCUT2D eigenvalue weighted by atomic mass is 35.5. The van der Waals surface area contributed by atoms with Crippen LogP contribution in [0.15, 0.2) is 24.3 Å². The number of carbonyl (C=O) groups is 1. The summed E-state index contributed by atoms with van der Waals surface area (Å²) in [4.78, 5) is 13.2. The van der Waals surface area contributed by atoms with Crippen LogP contribution >= 0.6 is 11.6 Å². The van der Waals surface area contributed by atoms with E-state index in [-0.39, 0.29) is 11.8 Å². The molecule has 19 heavy (non-hydrogen) atoms. The largest absolute Gasteiger partial charge is 0.494 e. The number of amides is 1. The topological polar surface area (TPSA) is 41.6 Å². The second kappa shape index (κ2) is 8.77. The van der Waals surface area contributed by atoms with Crippen molar-refractivity contribution in [3.05, 3.63) is 29.8 Å². The highest BCUT2D eigenvalue weighted by Gasteiger charge is 2.00. The Morgan fingerprint density at radius 2 is 2.21 bits per heavy atom. The van der Waals surface area contributed by atoms with Crippen molar-refractivity contribution >= 4 is 17.5 Å². The third kappa shape index (κ3) is 7.03. The normalized spacial score (nSPS) is 10.5. The monoisotopic (exact) mass is 284 g/mol. The lowest BCUT2D eigenvalue weighted by Gasteiger charge is -2.11. The number of nitrogens with one attached hydrogen (secondary N) is 1. The van der Waals surface area contributed by atoms with E-state index >= 15 is 0 Å². The molecule has 0 spiro atoms. The summed E-state index contributed by atoms with van der Waals surface area (Å²) in [6.07, 6.45) is 0.986. The first-order valence-electron chi connectivity index (χ1n) is 6.31. The van der Waals surface area contributed by atoms with Crippen LogP contribution < -0.4 is 10.1 Å². The van der Waals surface area contributed by atoms with E-state index < -0.39 is 0 Å². The Kier molecular flexibility index (Phi) is 7.30. The fourth-order valence-corrected chi connectivity index (χ4v) is 1.66. The van der Waals surface area contributed by atoms with Crippen molar-refractivity contribution in [2.45, 2.75) is 13.0 Å². The van der Waals surface area contributed by atoms with Crippen LogP contribution in [0.1, 0.15) is 12.0 Å². The van der Waals surface area contributed by atoms with Gasteiger partial charge in [0, 0.05) is 13.1 Å². The highest BCUT2D eigenvalue weighted by Crippen LogP contribution is 2.13. The van der Waals surface area contributed by atoms with Gasteiger partial charge in [-0.3, -0.25) is 4.79 Å². The van der Waals surface area contributed by atoms with Gasteiger partial charge < -0.3 is 15.0 Å². The fraction of sp³-hybridized carbons (Fsp3) is 0.500. The lowest BCUT2D eigenvalue weighted by Crippen LogP contribution is -2.23. The molecule has 0 unspecified atom stereocenters. The average molecular weight is 285 g/mol. The molecule has 1 aromatic carbocycles. The number of rotatable bonds is 8. The molecule has 1 N–H and O–H groups in total. The Hall–Kier alpha value is -1.26. The summed E-state index contributed by atoms with van der Waals surface area (Å²) in [5.74, 6) is 0.649. The predicted molar refractivity (Wildman–Crippen MR) is 77.7 cm³/mol. The van der Waals surface area contributed by atoms with Crippen LogP contribution in [0.3, 0.4) is 0 Å². The van der Waals surface area contributed by atoms with Gasteiger partial charge in [0.15, 0.2) is 0 Å². The van der Waals surface area contributed by atoms with Crippen molar-refractivity contribution in [2.24, 2.45) is 0 Å². The third-order valence-electron chi connectivity index (χ3n) is 2.53. The summed E-state index contributed by atoms with van der Waals surface area (Å²) in [6, 6.07) is 7.72. The van der Waals surface area contributed by atoms with E-state index in [9.17, 15) is 4.79 Å². The molecule has 1 amide bonds. The first kappa shape index (κ1) is 15.8. The second-order valence-electron chi connectivity index (χ2n) is 4.56. The van der Waals surface area contributed by atoms with E-state index in [1.807, 2.05) is 38.4 Å². The molecular weight excluding hydrogens is 264 g/mol. The quantitative estimate of drug-likeness (QED) is 0.585. The van der Waals surface area contributed by atoms with Gasteiger partial charge in [0.05, 0.1) is 6.61 Å². The number of ether oxygens (including phenoxy) is 1. The molecule has 4 nitrogen and oxygen atoms in total. The maximum absolute atomic E-state index is 11.1. The van der Waals surface area contributed by atoms with Gasteiger partial charge in [-0.25, -0.2) is 0 Å². The lowest BCUT2D eigenvalue weighted by atomic mass is 10.2. The number of carbonyl (C=O) groups excluding carboxylic acids is 1. The van der Waals surface area contributed by atoms with Gasteiger partial charge in [-0.05, 0) is 38.2 Å². The Morgan fingerprint density at radius 3 is 2.89 bits per heavy atom. The summed E-state index contributed by atoms with van der Waals surface area (Å²) < 4.78 is 5.66. The van der Waals surface area contributed by atoms with E-state index in [4.69, 9.17) is 16.3 Å². The highest BCUT2D eigenvalue weighted by molar-refractivity contribution is 6.27. The molecule has 0 aromatic heterocycles.